The molecule has 0 aliphatic heterocycles. The van der Waals surface area contributed by atoms with E-state index in [1.165, 1.54) is 16.3 Å². The Bertz CT molecular complexity index is 644. The van der Waals surface area contributed by atoms with E-state index >= 15 is 0 Å². The molecule has 1 N–H and O–H groups in total. The van der Waals surface area contributed by atoms with Gasteiger partial charge in [0.25, 0.3) is 5.69 Å². The van der Waals surface area contributed by atoms with Crippen LogP contribution in [0.25, 0.3) is 0 Å². The number of carboxylic acids is 1. The maximum atomic E-state index is 11.1. The fourth-order valence-corrected chi connectivity index (χ4v) is 1.98. The minimum atomic E-state index is -1.18. The third-order valence-electron chi connectivity index (χ3n) is 3.10. The second kappa shape index (κ2) is 5.56. The average molecular weight is 274 g/mol. The normalized spacial score (nSPS) is 10.4. The summed E-state index contributed by atoms with van der Waals surface area (Å²) in [6, 6.07) is 8.80. The first-order valence-corrected chi connectivity index (χ1v) is 6.17. The molecule has 0 saturated carbocycles. The molecule has 0 amide bonds. The third-order valence-corrected chi connectivity index (χ3v) is 3.10. The molecular weight excluding hydrogens is 260 g/mol. The number of carboxylic acid groups (broad SMARTS) is 1. The maximum Gasteiger partial charge on any atom is 0.352 e. The second-order valence-electron chi connectivity index (χ2n) is 4.44. The summed E-state index contributed by atoms with van der Waals surface area (Å²) >= 11 is 0. The lowest BCUT2D eigenvalue weighted by atomic mass is 10.1. The minimum absolute atomic E-state index is 0.0868. The number of hydrogen-bond donors (Lipinski definition) is 1. The standard InChI is InChI=1S/C14H14N2O4/c1-2-10-3-5-11(6-4-10)8-15-9-12(16(19)20)7-13(15)14(17)18/h3-7,9H,2,8H2,1H3,(H,17,18). The highest BCUT2D eigenvalue weighted by Gasteiger charge is 2.18. The molecule has 0 unspecified atom stereocenters. The SMILES string of the molecule is CCc1ccc(Cn2cc([N+](=O)[O-])cc2C(=O)O)cc1. The van der Waals surface area contributed by atoms with Crippen molar-refractivity contribution in [2.45, 2.75) is 19.9 Å². The molecular formula is C14H14N2O4. The molecule has 20 heavy (non-hydrogen) atoms. The molecule has 0 spiro atoms. The minimum Gasteiger partial charge on any atom is -0.477 e. The van der Waals surface area contributed by atoms with Gasteiger partial charge in [0.1, 0.15) is 5.69 Å². The van der Waals surface area contributed by atoms with Gasteiger partial charge in [-0.3, -0.25) is 10.1 Å². The van der Waals surface area contributed by atoms with Crippen molar-refractivity contribution in [2.75, 3.05) is 0 Å². The molecule has 0 atom stereocenters. The Hall–Kier alpha value is -2.63. The van der Waals surface area contributed by atoms with Gasteiger partial charge in [0.2, 0.25) is 0 Å². The van der Waals surface area contributed by atoms with Crippen LogP contribution in [0.5, 0.6) is 0 Å². The van der Waals surface area contributed by atoms with E-state index in [0.29, 0.717) is 6.54 Å². The van der Waals surface area contributed by atoms with Gasteiger partial charge in [-0.25, -0.2) is 4.79 Å². The van der Waals surface area contributed by atoms with Crippen LogP contribution in [-0.4, -0.2) is 20.6 Å². The lowest BCUT2D eigenvalue weighted by molar-refractivity contribution is -0.384. The van der Waals surface area contributed by atoms with Gasteiger partial charge in [-0.2, -0.15) is 0 Å². The molecule has 104 valence electrons. The second-order valence-corrected chi connectivity index (χ2v) is 4.44. The van der Waals surface area contributed by atoms with Crippen LogP contribution in [0.15, 0.2) is 36.5 Å². The van der Waals surface area contributed by atoms with Crippen LogP contribution in [0.1, 0.15) is 28.5 Å². The maximum absolute atomic E-state index is 11.1. The predicted octanol–water partition coefficient (Wildman–Crippen LogP) is 2.71. The van der Waals surface area contributed by atoms with Crippen molar-refractivity contribution in [3.63, 3.8) is 0 Å². The molecule has 1 aromatic carbocycles. The zero-order valence-corrected chi connectivity index (χ0v) is 10.9. The molecule has 6 nitrogen and oxygen atoms in total. The van der Waals surface area contributed by atoms with Crippen LogP contribution in [0, 0.1) is 10.1 Å². The first-order chi connectivity index (χ1) is 9.51. The average Bonchev–Trinajstić information content (AvgIpc) is 2.84. The van der Waals surface area contributed by atoms with Crippen LogP contribution in [0.4, 0.5) is 5.69 Å². The molecule has 0 bridgehead atoms. The highest BCUT2D eigenvalue weighted by Crippen LogP contribution is 2.18. The third kappa shape index (κ3) is 2.85. The van der Waals surface area contributed by atoms with Gasteiger partial charge in [-0.15, -0.1) is 0 Å². The quantitative estimate of drug-likeness (QED) is 0.671. The smallest absolute Gasteiger partial charge is 0.352 e. The van der Waals surface area contributed by atoms with Crippen molar-refractivity contribution in [1.82, 2.24) is 4.57 Å². The summed E-state index contributed by atoms with van der Waals surface area (Å²) in [4.78, 5) is 21.2. The van der Waals surface area contributed by atoms with Crippen molar-refractivity contribution >= 4 is 11.7 Å². The van der Waals surface area contributed by atoms with Gasteiger partial charge < -0.3 is 9.67 Å². The van der Waals surface area contributed by atoms with Crippen LogP contribution in [0.2, 0.25) is 0 Å². The van der Waals surface area contributed by atoms with E-state index < -0.39 is 10.9 Å². The summed E-state index contributed by atoms with van der Waals surface area (Å²) in [6.07, 6.45) is 2.17. The van der Waals surface area contributed by atoms with Gasteiger partial charge in [0.05, 0.1) is 11.1 Å². The summed E-state index contributed by atoms with van der Waals surface area (Å²) in [5, 5.41) is 19.8. The molecule has 1 heterocycles. The Balaban J connectivity index is 2.31. The number of aromatic nitrogens is 1. The lowest BCUT2D eigenvalue weighted by Gasteiger charge is -2.06. The predicted molar refractivity (Wildman–Crippen MR) is 73.0 cm³/mol. The van der Waals surface area contributed by atoms with E-state index in [-0.39, 0.29) is 11.4 Å². The summed E-state index contributed by atoms with van der Waals surface area (Å²) in [6.45, 7) is 2.34. The highest BCUT2D eigenvalue weighted by atomic mass is 16.6. The van der Waals surface area contributed by atoms with Crippen molar-refractivity contribution in [2.24, 2.45) is 0 Å². The number of aromatic carboxylic acids is 1. The Morgan fingerprint density at radius 3 is 2.40 bits per heavy atom. The Kier molecular flexibility index (Phi) is 3.84. The van der Waals surface area contributed by atoms with Gasteiger partial charge in [0, 0.05) is 12.6 Å². The molecule has 0 fully saturated rings. The Morgan fingerprint density at radius 1 is 1.30 bits per heavy atom. The summed E-state index contributed by atoms with van der Waals surface area (Å²) in [5.74, 6) is -1.18. The fraction of sp³-hybridized carbons (Fsp3) is 0.214. The Morgan fingerprint density at radius 2 is 1.90 bits per heavy atom. The molecule has 2 aromatic rings. The van der Waals surface area contributed by atoms with Crippen molar-refractivity contribution < 1.29 is 14.8 Å². The molecule has 0 radical (unpaired) electrons. The monoisotopic (exact) mass is 274 g/mol. The van der Waals surface area contributed by atoms with E-state index in [4.69, 9.17) is 5.11 Å². The van der Waals surface area contributed by atoms with Gasteiger partial charge in [-0.1, -0.05) is 31.2 Å². The first-order valence-electron chi connectivity index (χ1n) is 6.17. The zero-order valence-electron chi connectivity index (χ0n) is 10.9. The topological polar surface area (TPSA) is 85.4 Å². The summed E-state index contributed by atoms with van der Waals surface area (Å²) in [5.41, 5.74) is 1.78. The van der Waals surface area contributed by atoms with Crippen molar-refractivity contribution in [3.05, 3.63) is 63.5 Å². The number of hydrogen-bond acceptors (Lipinski definition) is 3. The molecule has 6 heteroatoms. The van der Waals surface area contributed by atoms with E-state index in [1.807, 2.05) is 31.2 Å². The molecule has 0 aliphatic rings. The number of nitro groups is 1. The molecule has 0 aliphatic carbocycles. The van der Waals surface area contributed by atoms with Crippen LogP contribution in [0.3, 0.4) is 0 Å². The number of carbonyl (C=O) groups is 1. The van der Waals surface area contributed by atoms with Crippen molar-refractivity contribution in [1.29, 1.82) is 0 Å². The van der Waals surface area contributed by atoms with Gasteiger partial charge >= 0.3 is 5.97 Å². The van der Waals surface area contributed by atoms with E-state index in [2.05, 4.69) is 0 Å². The number of rotatable bonds is 5. The zero-order chi connectivity index (χ0) is 14.7. The van der Waals surface area contributed by atoms with Gasteiger partial charge in [0.15, 0.2) is 0 Å². The lowest BCUT2D eigenvalue weighted by Crippen LogP contribution is -2.08. The number of nitrogens with zero attached hydrogens (tertiary/aromatic N) is 2. The van der Waals surface area contributed by atoms with Crippen LogP contribution < -0.4 is 0 Å². The molecule has 2 rings (SSSR count). The van der Waals surface area contributed by atoms with Crippen LogP contribution >= 0.6 is 0 Å². The van der Waals surface area contributed by atoms with Gasteiger partial charge in [-0.05, 0) is 17.5 Å². The van der Waals surface area contributed by atoms with Crippen LogP contribution in [-0.2, 0) is 13.0 Å². The largest absolute Gasteiger partial charge is 0.477 e. The molecule has 1 aromatic heterocycles. The fourth-order valence-electron chi connectivity index (χ4n) is 1.98. The Labute approximate surface area is 115 Å². The first kappa shape index (κ1) is 13.8. The van der Waals surface area contributed by atoms with Crippen molar-refractivity contribution in [3.8, 4) is 0 Å². The highest BCUT2D eigenvalue weighted by molar-refractivity contribution is 5.87. The number of benzene rings is 1. The summed E-state index contributed by atoms with van der Waals surface area (Å²) < 4.78 is 1.38. The summed E-state index contributed by atoms with van der Waals surface area (Å²) in [7, 11) is 0. The van der Waals surface area contributed by atoms with E-state index in [1.54, 1.807) is 0 Å². The number of aryl methyl sites for hydroxylation is 1. The van der Waals surface area contributed by atoms with E-state index in [9.17, 15) is 14.9 Å². The molecule has 0 saturated heterocycles. The van der Waals surface area contributed by atoms with E-state index in [0.717, 1.165) is 18.1 Å².